The van der Waals surface area contributed by atoms with E-state index < -0.39 is 0 Å². The highest BCUT2D eigenvalue weighted by Gasteiger charge is 2.39. The van der Waals surface area contributed by atoms with Gasteiger partial charge in [0.25, 0.3) is 0 Å². The van der Waals surface area contributed by atoms with E-state index in [2.05, 4.69) is 41.0 Å². The van der Waals surface area contributed by atoms with Gasteiger partial charge in [0.15, 0.2) is 0 Å². The Balaban J connectivity index is 2.30. The second kappa shape index (κ2) is 8.21. The van der Waals surface area contributed by atoms with Crippen LogP contribution in [0.3, 0.4) is 0 Å². The minimum absolute atomic E-state index is 0.686. The van der Waals surface area contributed by atoms with E-state index in [1.54, 1.807) is 0 Å². The molecule has 2 heterocycles. The molecule has 0 radical (unpaired) electrons. The van der Waals surface area contributed by atoms with E-state index in [4.69, 9.17) is 11.6 Å². The van der Waals surface area contributed by atoms with Gasteiger partial charge >= 0.3 is 0 Å². The molecule has 0 aromatic heterocycles. The second-order valence-electron chi connectivity index (χ2n) is 6.90. The molecule has 2 aliphatic heterocycles. The van der Waals surface area contributed by atoms with Crippen molar-refractivity contribution in [2.24, 2.45) is 10.9 Å². The van der Waals surface area contributed by atoms with Crippen LogP contribution in [-0.2, 0) is 0 Å². The number of rotatable bonds is 4. The summed E-state index contributed by atoms with van der Waals surface area (Å²) in [6.07, 6.45) is 5.23. The number of nitrogens with one attached hydrogen (secondary N) is 1. The first-order valence-electron chi connectivity index (χ1n) is 8.74. The lowest BCUT2D eigenvalue weighted by molar-refractivity contribution is 0.283. The van der Waals surface area contributed by atoms with Gasteiger partial charge in [-0.2, -0.15) is 0 Å². The van der Waals surface area contributed by atoms with E-state index in [1.807, 2.05) is 33.0 Å². The van der Waals surface area contributed by atoms with Gasteiger partial charge in [0.2, 0.25) is 0 Å². The van der Waals surface area contributed by atoms with Gasteiger partial charge in [0.1, 0.15) is 0 Å². The summed E-state index contributed by atoms with van der Waals surface area (Å²) in [5.41, 5.74) is 3.51. The van der Waals surface area contributed by atoms with Gasteiger partial charge in [-0.25, -0.2) is 0 Å². The molecule has 0 aliphatic carbocycles. The van der Waals surface area contributed by atoms with Crippen LogP contribution in [0.15, 0.2) is 39.1 Å². The number of amidine groups is 1. The van der Waals surface area contributed by atoms with E-state index in [1.165, 1.54) is 18.7 Å². The summed E-state index contributed by atoms with van der Waals surface area (Å²) < 4.78 is 0. The van der Waals surface area contributed by atoms with Crippen molar-refractivity contribution in [3.63, 3.8) is 0 Å². The number of likely N-dealkylation sites (N-methyl/N-ethyl adjacent to an activating group) is 1. The molecule has 0 aromatic carbocycles. The van der Waals surface area contributed by atoms with Crippen molar-refractivity contribution in [2.45, 2.75) is 40.2 Å². The van der Waals surface area contributed by atoms with Gasteiger partial charge in [0.05, 0.1) is 11.5 Å². The van der Waals surface area contributed by atoms with E-state index in [9.17, 15) is 0 Å². The zero-order valence-electron chi connectivity index (χ0n) is 15.9. The molecule has 1 N–H and O–H groups in total. The second-order valence-corrected chi connectivity index (χ2v) is 7.33. The van der Waals surface area contributed by atoms with Gasteiger partial charge in [0, 0.05) is 36.9 Å². The van der Waals surface area contributed by atoms with Crippen LogP contribution in [0.4, 0.5) is 0 Å². The topological polar surface area (TPSA) is 30.9 Å². The number of hydrogen-bond acceptors (Lipinski definition) is 3. The van der Waals surface area contributed by atoms with Gasteiger partial charge < -0.3 is 15.1 Å². The Kier molecular flexibility index (Phi) is 6.53. The fourth-order valence-electron chi connectivity index (χ4n) is 3.68. The predicted octanol–water partition coefficient (Wildman–Crippen LogP) is 3.58. The normalized spacial score (nSPS) is 27.5. The highest BCUT2D eigenvalue weighted by molar-refractivity contribution is 6.31. The Morgan fingerprint density at radius 3 is 2.54 bits per heavy atom. The van der Waals surface area contributed by atoms with E-state index in [-0.39, 0.29) is 0 Å². The van der Waals surface area contributed by atoms with E-state index >= 15 is 0 Å². The van der Waals surface area contributed by atoms with Crippen LogP contribution in [0, 0.1) is 5.92 Å². The molecule has 2 aliphatic rings. The Labute approximate surface area is 151 Å². The monoisotopic (exact) mass is 350 g/mol. The van der Waals surface area contributed by atoms with Crippen molar-refractivity contribution in [3.05, 3.63) is 34.2 Å². The van der Waals surface area contributed by atoms with Gasteiger partial charge in [-0.1, -0.05) is 17.7 Å². The highest BCUT2D eigenvalue weighted by atomic mass is 35.5. The highest BCUT2D eigenvalue weighted by Crippen LogP contribution is 2.33. The van der Waals surface area contributed by atoms with Crippen LogP contribution in [0.5, 0.6) is 0 Å². The van der Waals surface area contributed by atoms with Gasteiger partial charge in [-0.15, -0.1) is 0 Å². The number of likely N-dealkylation sites (tertiary alicyclic amines) is 2. The number of aliphatic imine (C=N–C) groups is 1. The third-order valence-corrected chi connectivity index (χ3v) is 5.65. The van der Waals surface area contributed by atoms with Crippen LogP contribution in [0.1, 0.15) is 34.1 Å². The Hall–Kier alpha value is -1.26. The molecular formula is C19H31ClN4. The van der Waals surface area contributed by atoms with Crippen LogP contribution in [-0.4, -0.2) is 55.4 Å². The number of nitrogens with zero attached hydrogens (tertiary/aromatic N) is 3. The lowest BCUT2D eigenvalue weighted by atomic mass is 10.1. The first-order chi connectivity index (χ1) is 11.4. The molecule has 0 bridgehead atoms. The fraction of sp³-hybridized carbons (Fsp3) is 0.632. The molecule has 2 rings (SSSR count). The molecule has 0 spiro atoms. The number of fused-ring (bicyclic) bond motifs is 1. The Morgan fingerprint density at radius 1 is 1.25 bits per heavy atom. The maximum absolute atomic E-state index is 6.22. The molecule has 0 amide bonds. The maximum Gasteiger partial charge on any atom is 0.0972 e. The van der Waals surface area contributed by atoms with E-state index in [0.29, 0.717) is 6.04 Å². The molecule has 2 unspecified atom stereocenters. The van der Waals surface area contributed by atoms with Gasteiger partial charge in [-0.3, -0.25) is 4.99 Å². The van der Waals surface area contributed by atoms with Crippen molar-refractivity contribution < 1.29 is 0 Å². The smallest absolute Gasteiger partial charge is 0.0972 e. The summed E-state index contributed by atoms with van der Waals surface area (Å²) in [6.45, 7) is 11.7. The average molecular weight is 351 g/mol. The van der Waals surface area contributed by atoms with Crippen LogP contribution in [0.25, 0.3) is 0 Å². The lowest BCUT2D eigenvalue weighted by Crippen LogP contribution is -2.33. The number of halogens is 1. The molecule has 134 valence electrons. The van der Waals surface area contributed by atoms with E-state index in [0.717, 1.165) is 41.1 Å². The Bertz CT molecular complexity index is 588. The first kappa shape index (κ1) is 19.1. The molecule has 24 heavy (non-hydrogen) atoms. The van der Waals surface area contributed by atoms with Crippen molar-refractivity contribution in [2.75, 3.05) is 33.7 Å². The lowest BCUT2D eigenvalue weighted by Gasteiger charge is -2.26. The summed E-state index contributed by atoms with van der Waals surface area (Å²) in [7, 11) is 4.06. The summed E-state index contributed by atoms with van der Waals surface area (Å²) in [5.74, 6) is 1.70. The molecule has 0 saturated carbocycles. The molecule has 5 heteroatoms. The van der Waals surface area contributed by atoms with Gasteiger partial charge in [-0.05, 0) is 65.3 Å². The quantitative estimate of drug-likeness (QED) is 0.477. The number of hydrogen-bond donors (Lipinski definition) is 1. The Morgan fingerprint density at radius 2 is 1.96 bits per heavy atom. The zero-order chi connectivity index (χ0) is 17.9. The molecular weight excluding hydrogens is 320 g/mol. The van der Waals surface area contributed by atoms with Crippen LogP contribution >= 0.6 is 11.6 Å². The minimum Gasteiger partial charge on any atom is -0.371 e. The third-order valence-electron chi connectivity index (χ3n) is 5.33. The predicted molar refractivity (Wildman–Crippen MR) is 104 cm³/mol. The van der Waals surface area contributed by atoms with Crippen molar-refractivity contribution in [1.82, 2.24) is 15.1 Å². The SMILES string of the molecule is C\C=C(Cl)/C=C(C)/C(NC(C)=NC)=C(/C)N1CC2CCN(C)C2C1. The molecule has 2 atom stereocenters. The molecule has 2 saturated heterocycles. The largest absolute Gasteiger partial charge is 0.371 e. The standard InChI is InChI=1S/C19H31ClN4/c1-7-17(20)10-13(2)19(22-15(4)21-5)14(3)24-11-16-8-9-23(6)18(16)12-24/h7,10,16,18H,8-9,11-12H2,1-6H3,(H,21,22)/b13-10+,17-7+,19-14+. The number of allylic oxidation sites excluding steroid dienone is 5. The summed E-state index contributed by atoms with van der Waals surface area (Å²) >= 11 is 6.22. The van der Waals surface area contributed by atoms with Crippen LogP contribution in [0.2, 0.25) is 0 Å². The zero-order valence-corrected chi connectivity index (χ0v) is 16.6. The van der Waals surface area contributed by atoms with Crippen molar-refractivity contribution in [1.29, 1.82) is 0 Å². The first-order valence-corrected chi connectivity index (χ1v) is 9.12. The summed E-state index contributed by atoms with van der Waals surface area (Å²) in [5, 5.41) is 4.22. The maximum atomic E-state index is 6.22. The molecule has 2 fully saturated rings. The summed E-state index contributed by atoms with van der Waals surface area (Å²) in [4.78, 5) is 9.27. The fourth-order valence-corrected chi connectivity index (χ4v) is 3.84. The molecule has 4 nitrogen and oxygen atoms in total. The van der Waals surface area contributed by atoms with Crippen molar-refractivity contribution >= 4 is 17.4 Å². The average Bonchev–Trinajstić information content (AvgIpc) is 3.13. The van der Waals surface area contributed by atoms with Crippen LogP contribution < -0.4 is 5.32 Å². The third kappa shape index (κ3) is 4.22. The minimum atomic E-state index is 0.686. The van der Waals surface area contributed by atoms with Crippen molar-refractivity contribution in [3.8, 4) is 0 Å². The molecule has 0 aromatic rings. The summed E-state index contributed by atoms with van der Waals surface area (Å²) in [6, 6.07) is 0.686.